The standard InChI is InChI=1S/C20H26O.2C11H16.C10H14.C10H20.2C8H16.14CH3.2ClH.2Hf.H3P.3Zr/c1-3-7-19-15(5-1)9-11-17(19)13-21-14-18-12-10-16-6-2-4-8-20(16)18;2*1-2-9-7-8-10-5-3-4-6-11(9)10;1-8-6-7-9-4-2-3-5-10(8)9;1-6-7(2)9(4)10(5)8(6)3;2*1-2-5-8-6-3-4-7-8;;;;;;;;;;;;;;;;;;;;;;/h1-8,15-20H,9-14H2;2*3-6,9-11H,2,7-8H2,1H3;2-5,8-10H,6-7H2,1H3;6-10H,1-5H3;2*8H,2-7H2,1H3;14*1H3;2*1H;;;1H3;;;/q;;;;;;;14*-1;;;;+4;;3*+4/p-2. The van der Waals surface area contributed by atoms with Crippen molar-refractivity contribution in [3.05, 3.63) is 225 Å². The molecule has 1 nitrogen and oxygen atoms in total. The second-order valence-electron chi connectivity index (χ2n) is 28.6. The molecule has 13 rings (SSSR count). The van der Waals surface area contributed by atoms with Crippen LogP contribution >= 0.6 is 26.9 Å². The van der Waals surface area contributed by atoms with Gasteiger partial charge in [0.15, 0.2) is 0 Å². The first-order valence-electron chi connectivity index (χ1n) is 35.2. The third-order valence-corrected chi connectivity index (χ3v) is 24.0. The topological polar surface area (TPSA) is 9.23 Å². The minimum atomic E-state index is -0.826. The van der Waals surface area contributed by atoms with E-state index in [1.54, 1.807) is 0 Å². The summed E-state index contributed by atoms with van der Waals surface area (Å²) in [6.45, 7) is 25.5. The Kier molecular flexibility index (Phi) is 105. The maximum atomic E-state index is 6.18. The van der Waals surface area contributed by atoms with Gasteiger partial charge in [0.05, 0.1) is 0 Å². The summed E-state index contributed by atoms with van der Waals surface area (Å²) in [4.78, 5) is 0. The first-order chi connectivity index (χ1) is 40.0. The van der Waals surface area contributed by atoms with Crippen LogP contribution in [-0.2, 0) is 130 Å². The van der Waals surface area contributed by atoms with Gasteiger partial charge < -0.3 is 109 Å². The summed E-state index contributed by atoms with van der Waals surface area (Å²) in [6.07, 6.45) is 80.6. The molecule has 16 unspecified atom stereocenters. The molecule has 0 bridgehead atoms. The van der Waals surface area contributed by atoms with E-state index in [9.17, 15) is 0 Å². The quantitative estimate of drug-likeness (QED) is 0.120. The molecule has 13 aliphatic carbocycles. The Hall–Kier alpha value is 2.76. The summed E-state index contributed by atoms with van der Waals surface area (Å²) in [5, 5.41) is 0. The molecule has 0 radical (unpaired) electrons. The summed E-state index contributed by atoms with van der Waals surface area (Å²) in [6, 6.07) is 0. The van der Waals surface area contributed by atoms with Crippen molar-refractivity contribution in [1.29, 1.82) is 0 Å². The number of halogens is 2. The van der Waals surface area contributed by atoms with Gasteiger partial charge in [-0.05, 0) is 194 Å². The molecule has 582 valence electrons. The van der Waals surface area contributed by atoms with Crippen LogP contribution in [0.25, 0.3) is 0 Å². The van der Waals surface area contributed by atoms with Crippen LogP contribution in [0.2, 0.25) is 0 Å². The number of allylic oxidation sites excluding steroid dienone is 20. The Labute approximate surface area is 740 Å². The molecule has 0 aromatic rings. The van der Waals surface area contributed by atoms with Crippen LogP contribution in [0.1, 0.15) is 223 Å². The van der Waals surface area contributed by atoms with Crippen LogP contribution < -0.4 is 0 Å². The van der Waals surface area contributed by atoms with E-state index in [0.717, 1.165) is 143 Å². The molecule has 0 aromatic carbocycles. The van der Waals surface area contributed by atoms with E-state index in [-0.39, 0.29) is 218 Å². The van der Waals surface area contributed by atoms with Crippen LogP contribution in [0.4, 0.5) is 0 Å². The fourth-order valence-electron chi connectivity index (χ4n) is 18.0. The van der Waals surface area contributed by atoms with Crippen LogP contribution in [0.15, 0.2) is 122 Å². The maximum Gasteiger partial charge on any atom is 4.00 e. The predicted molar refractivity (Wildman–Crippen MR) is 459 cm³/mol. The van der Waals surface area contributed by atoms with E-state index in [4.69, 9.17) is 21.8 Å². The first kappa shape index (κ1) is 136. The molecular weight excluding hydrogens is 1850 g/mol. The summed E-state index contributed by atoms with van der Waals surface area (Å²) < 4.78 is 6.18. The molecular formula is C92H169Cl2Hf2OPZr3. The SMILES string of the molecule is C1=CC2CCC(COCC3CCC4C=CC=CC43)C2C=C1.CC1C(C)C(C)C(C)C1C.CC1CCC2C=CC=CC12.CCC1CCC2C=CC=CC21.CCC1CCC2C=CC=CC21.CCCC1CCCC1.CCCC1CCCC1.P.[CH3-].[CH3-].[CH3-].[CH3-].[CH3-].[CH3-].[CH3-].[CH3-].[CH3-].[CH3-].[CH3-].[CH3-].[CH3-].[CH3-].[Cl][Zr+2][Cl].[Hf+4].[Hf].[Zr+4].[Zr+4]. The predicted octanol–water partition coefficient (Wildman–Crippen LogP) is 30.5. The van der Waals surface area contributed by atoms with Crippen molar-refractivity contribution in [1.82, 2.24) is 0 Å². The number of ether oxygens (including phenoxy) is 1. The number of hydrogen-bond acceptors (Lipinski definition) is 1. The van der Waals surface area contributed by atoms with Crippen molar-refractivity contribution in [2.75, 3.05) is 13.2 Å². The molecule has 13 aliphatic rings. The number of rotatable bonds is 10. The second kappa shape index (κ2) is 78.1. The molecule has 16 atom stereocenters. The van der Waals surface area contributed by atoms with Crippen molar-refractivity contribution in [3.63, 3.8) is 0 Å². The first-order valence-corrected chi connectivity index (χ1v) is 41.6. The van der Waals surface area contributed by atoms with Crippen molar-refractivity contribution < 1.29 is 130 Å². The van der Waals surface area contributed by atoms with E-state index in [1.165, 1.54) is 154 Å². The van der Waals surface area contributed by atoms with Gasteiger partial charge >= 0.3 is 116 Å². The average molecular weight is 2020 g/mol. The van der Waals surface area contributed by atoms with Crippen molar-refractivity contribution in [3.8, 4) is 0 Å². The summed E-state index contributed by atoms with van der Waals surface area (Å²) >= 11 is -0.826. The van der Waals surface area contributed by atoms with Gasteiger partial charge in [-0.25, -0.2) is 0 Å². The Bertz CT molecular complexity index is 1930. The van der Waals surface area contributed by atoms with Gasteiger partial charge in [0.1, 0.15) is 0 Å². The van der Waals surface area contributed by atoms with Gasteiger partial charge in [-0.3, -0.25) is 0 Å². The molecule has 9 heteroatoms. The molecule has 0 amide bonds. The van der Waals surface area contributed by atoms with Gasteiger partial charge in [0.25, 0.3) is 0 Å². The van der Waals surface area contributed by atoms with Gasteiger partial charge in [-0.15, -0.1) is 0 Å². The third-order valence-electron chi connectivity index (χ3n) is 24.0. The Morgan fingerprint density at radius 3 is 0.762 bits per heavy atom. The van der Waals surface area contributed by atoms with Crippen molar-refractivity contribution in [2.45, 2.75) is 223 Å². The molecule has 101 heavy (non-hydrogen) atoms. The minimum absolute atomic E-state index is 0. The second-order valence-corrected chi connectivity index (χ2v) is 32.3. The summed E-state index contributed by atoms with van der Waals surface area (Å²) in [5.41, 5.74) is 0. The molecule has 8 fully saturated rings. The van der Waals surface area contributed by atoms with Crippen LogP contribution in [0.3, 0.4) is 0 Å². The Morgan fingerprint density at radius 1 is 0.317 bits per heavy atom. The average Bonchev–Trinajstić information content (AvgIpc) is 1.73. The summed E-state index contributed by atoms with van der Waals surface area (Å²) in [7, 11) is 9.87. The van der Waals surface area contributed by atoms with E-state index in [0.29, 0.717) is 0 Å². The molecule has 0 heterocycles. The van der Waals surface area contributed by atoms with Crippen LogP contribution in [-0.4, -0.2) is 13.2 Å². The normalized spacial score (nSPS) is 31.4. The van der Waals surface area contributed by atoms with Crippen molar-refractivity contribution in [2.24, 2.45) is 130 Å². The molecule has 0 spiro atoms. The van der Waals surface area contributed by atoms with Gasteiger partial charge in [-0.1, -0.05) is 281 Å². The maximum absolute atomic E-state index is 6.18. The van der Waals surface area contributed by atoms with Gasteiger partial charge in [-0.2, -0.15) is 9.90 Å². The van der Waals surface area contributed by atoms with Crippen LogP contribution in [0, 0.1) is 234 Å². The monoisotopic (exact) mass is 2020 g/mol. The zero-order valence-corrected chi connectivity index (χ0v) is 88.5. The third kappa shape index (κ3) is 44.7. The van der Waals surface area contributed by atoms with E-state index >= 15 is 0 Å². The molecule has 0 saturated heterocycles. The fraction of sp³-hybridized carbons (Fsp3) is 0.630. The molecule has 0 aliphatic heterocycles. The Morgan fingerprint density at radius 2 is 0.525 bits per heavy atom. The van der Waals surface area contributed by atoms with Crippen molar-refractivity contribution >= 4 is 26.9 Å². The number of fused-ring (bicyclic) bond motifs is 5. The van der Waals surface area contributed by atoms with Gasteiger partial charge in [0, 0.05) is 39.1 Å². The largest absolute Gasteiger partial charge is 4.00 e. The number of hydrogen-bond donors (Lipinski definition) is 0. The zero-order valence-electron chi connectivity index (χ0n) is 71.0. The smallest absolute Gasteiger partial charge is 0 e. The molecule has 0 aromatic heterocycles. The molecule has 0 N–H and O–H groups in total. The van der Waals surface area contributed by atoms with E-state index < -0.39 is 20.8 Å². The van der Waals surface area contributed by atoms with E-state index in [2.05, 4.69) is 191 Å². The van der Waals surface area contributed by atoms with E-state index in [1.807, 2.05) is 0 Å². The summed E-state index contributed by atoms with van der Waals surface area (Å²) in [5.74, 6) is 19.6. The van der Waals surface area contributed by atoms with Gasteiger partial charge in [0.2, 0.25) is 0 Å². The van der Waals surface area contributed by atoms with Crippen LogP contribution in [0.5, 0.6) is 0 Å². The fourth-order valence-corrected chi connectivity index (χ4v) is 18.0. The minimum Gasteiger partial charge on any atom is 0 e. The molecule has 8 saturated carbocycles. The zero-order chi connectivity index (χ0) is 58.6. The Balaban J connectivity index is -0.0000000718.